The first kappa shape index (κ1) is 18.7. The van der Waals surface area contributed by atoms with Gasteiger partial charge in [-0.2, -0.15) is 0 Å². The summed E-state index contributed by atoms with van der Waals surface area (Å²) in [7, 11) is 0. The molecule has 0 aliphatic rings. The van der Waals surface area contributed by atoms with Crippen LogP contribution in [0.5, 0.6) is 23.0 Å². The lowest BCUT2D eigenvalue weighted by molar-refractivity contribution is -0.274. The molecule has 0 heterocycles. The average molecular weight is 377 g/mol. The van der Waals surface area contributed by atoms with Crippen molar-refractivity contribution in [2.24, 2.45) is 0 Å². The van der Waals surface area contributed by atoms with Crippen molar-refractivity contribution in [3.63, 3.8) is 0 Å². The fraction of sp³-hybridized carbons (Fsp3) is 0.188. The quantitative estimate of drug-likeness (QED) is 0.778. The van der Waals surface area contributed by atoms with Crippen molar-refractivity contribution in [3.8, 4) is 23.0 Å². The second kappa shape index (κ2) is 7.52. The zero-order valence-corrected chi connectivity index (χ0v) is 13.5. The van der Waals surface area contributed by atoms with Gasteiger partial charge in [0.15, 0.2) is 6.10 Å². The first-order valence-corrected chi connectivity index (χ1v) is 7.24. The largest absolute Gasteiger partial charge is 0.573 e. The number of hydrogen-bond donors (Lipinski definition) is 1. The van der Waals surface area contributed by atoms with E-state index < -0.39 is 24.2 Å². The first-order valence-electron chi connectivity index (χ1n) is 6.87. The highest BCUT2D eigenvalue weighted by molar-refractivity contribution is 6.32. The van der Waals surface area contributed by atoms with Gasteiger partial charge >= 0.3 is 12.3 Å². The van der Waals surface area contributed by atoms with Crippen molar-refractivity contribution in [1.82, 2.24) is 0 Å². The number of aliphatic carboxylic acids is 1. The van der Waals surface area contributed by atoms with Gasteiger partial charge in [0.25, 0.3) is 0 Å². The predicted molar refractivity (Wildman–Crippen MR) is 82.4 cm³/mol. The normalized spacial score (nSPS) is 12.4. The van der Waals surface area contributed by atoms with Crippen LogP contribution >= 0.6 is 11.6 Å². The van der Waals surface area contributed by atoms with Gasteiger partial charge in [0.2, 0.25) is 0 Å². The van der Waals surface area contributed by atoms with Gasteiger partial charge in [-0.1, -0.05) is 11.6 Å². The highest BCUT2D eigenvalue weighted by Crippen LogP contribution is 2.34. The van der Waals surface area contributed by atoms with Crippen molar-refractivity contribution >= 4 is 17.6 Å². The number of carboxylic acids is 1. The van der Waals surface area contributed by atoms with Gasteiger partial charge < -0.3 is 19.3 Å². The minimum Gasteiger partial charge on any atom is -0.479 e. The number of carbonyl (C=O) groups is 1. The number of rotatable bonds is 6. The lowest BCUT2D eigenvalue weighted by Crippen LogP contribution is -2.22. The van der Waals surface area contributed by atoms with Gasteiger partial charge in [0.1, 0.15) is 23.0 Å². The monoisotopic (exact) mass is 376 g/mol. The van der Waals surface area contributed by atoms with Crippen LogP contribution in [0.15, 0.2) is 42.5 Å². The van der Waals surface area contributed by atoms with Crippen molar-refractivity contribution in [2.45, 2.75) is 19.4 Å². The molecule has 134 valence electrons. The molecule has 0 amide bonds. The summed E-state index contributed by atoms with van der Waals surface area (Å²) in [6.45, 7) is 1.39. The van der Waals surface area contributed by atoms with Crippen LogP contribution in [0.2, 0.25) is 5.02 Å². The zero-order valence-electron chi connectivity index (χ0n) is 12.7. The Morgan fingerprint density at radius 1 is 1.08 bits per heavy atom. The van der Waals surface area contributed by atoms with Crippen LogP contribution in [-0.2, 0) is 4.79 Å². The Morgan fingerprint density at radius 2 is 1.64 bits per heavy atom. The molecule has 25 heavy (non-hydrogen) atoms. The summed E-state index contributed by atoms with van der Waals surface area (Å²) in [4.78, 5) is 10.7. The van der Waals surface area contributed by atoms with Gasteiger partial charge in [-0.05, 0) is 43.3 Å². The Morgan fingerprint density at radius 3 is 2.16 bits per heavy atom. The van der Waals surface area contributed by atoms with E-state index in [4.69, 9.17) is 26.2 Å². The van der Waals surface area contributed by atoms with Gasteiger partial charge in [-0.25, -0.2) is 4.79 Å². The summed E-state index contributed by atoms with van der Waals surface area (Å²) in [6.07, 6.45) is -5.82. The zero-order chi connectivity index (χ0) is 18.6. The van der Waals surface area contributed by atoms with E-state index in [9.17, 15) is 18.0 Å². The highest BCUT2D eigenvalue weighted by Gasteiger charge is 2.31. The maximum atomic E-state index is 12.2. The molecular weight excluding hydrogens is 365 g/mol. The molecule has 1 N–H and O–H groups in total. The van der Waals surface area contributed by atoms with E-state index in [1.807, 2.05) is 0 Å². The van der Waals surface area contributed by atoms with Gasteiger partial charge in [0.05, 0.1) is 5.02 Å². The highest BCUT2D eigenvalue weighted by atomic mass is 35.5. The van der Waals surface area contributed by atoms with Gasteiger partial charge in [0, 0.05) is 6.07 Å². The Labute approximate surface area is 145 Å². The maximum Gasteiger partial charge on any atom is 0.573 e. The number of hydrogen-bond acceptors (Lipinski definition) is 4. The molecule has 0 fully saturated rings. The molecule has 1 unspecified atom stereocenters. The molecule has 2 aromatic carbocycles. The summed E-state index contributed by atoms with van der Waals surface area (Å²) >= 11 is 5.88. The van der Waals surface area contributed by atoms with E-state index in [0.29, 0.717) is 11.5 Å². The maximum absolute atomic E-state index is 12.2. The van der Waals surface area contributed by atoms with E-state index in [0.717, 1.165) is 12.1 Å². The molecular formula is C16H12ClF3O5. The van der Waals surface area contributed by atoms with E-state index in [1.165, 1.54) is 37.3 Å². The van der Waals surface area contributed by atoms with E-state index in [-0.39, 0.29) is 10.8 Å². The topological polar surface area (TPSA) is 65.0 Å². The minimum absolute atomic E-state index is 0.0680. The SMILES string of the molecule is CC(Oc1ccc(Oc2ccc(OC(F)(F)F)cc2Cl)cc1)C(=O)O. The average Bonchev–Trinajstić information content (AvgIpc) is 2.50. The van der Waals surface area contributed by atoms with E-state index in [1.54, 1.807) is 0 Å². The summed E-state index contributed by atoms with van der Waals surface area (Å²) in [6, 6.07) is 9.27. The molecule has 5 nitrogen and oxygen atoms in total. The lowest BCUT2D eigenvalue weighted by Gasteiger charge is -2.13. The van der Waals surface area contributed by atoms with Crippen LogP contribution in [0.25, 0.3) is 0 Å². The van der Waals surface area contributed by atoms with Crippen molar-refractivity contribution in [3.05, 3.63) is 47.5 Å². The number of alkyl halides is 3. The van der Waals surface area contributed by atoms with Crippen LogP contribution in [0, 0.1) is 0 Å². The van der Waals surface area contributed by atoms with Crippen LogP contribution in [0.4, 0.5) is 13.2 Å². The Bertz CT molecular complexity index is 746. The molecule has 0 saturated carbocycles. The number of ether oxygens (including phenoxy) is 3. The standard InChI is InChI=1S/C16H12ClF3O5/c1-9(15(21)22)23-10-2-4-11(5-3-10)24-14-7-6-12(8-13(14)17)25-16(18,19)20/h2-9H,1H3,(H,21,22). The second-order valence-electron chi connectivity index (χ2n) is 4.81. The molecule has 0 aliphatic heterocycles. The first-order chi connectivity index (χ1) is 11.6. The van der Waals surface area contributed by atoms with Crippen LogP contribution in [0.3, 0.4) is 0 Å². The van der Waals surface area contributed by atoms with Crippen molar-refractivity contribution in [1.29, 1.82) is 0 Å². The second-order valence-corrected chi connectivity index (χ2v) is 5.22. The molecule has 0 aliphatic carbocycles. The smallest absolute Gasteiger partial charge is 0.479 e. The summed E-state index contributed by atoms with van der Waals surface area (Å²) in [5.41, 5.74) is 0. The third-order valence-corrected chi connectivity index (χ3v) is 3.14. The fourth-order valence-corrected chi connectivity index (χ4v) is 1.94. The Hall–Kier alpha value is -2.61. The summed E-state index contributed by atoms with van der Waals surface area (Å²) in [5.74, 6) is -0.780. The molecule has 2 rings (SSSR count). The van der Waals surface area contributed by atoms with E-state index >= 15 is 0 Å². The molecule has 2 aromatic rings. The predicted octanol–water partition coefficient (Wildman–Crippen LogP) is 4.88. The fourth-order valence-electron chi connectivity index (χ4n) is 1.73. The number of carboxylic acid groups (broad SMARTS) is 1. The Kier molecular flexibility index (Phi) is 5.63. The third-order valence-electron chi connectivity index (χ3n) is 2.85. The molecule has 0 radical (unpaired) electrons. The molecule has 1 atom stereocenters. The van der Waals surface area contributed by atoms with Crippen molar-refractivity contribution < 1.29 is 37.3 Å². The molecule has 0 bridgehead atoms. The molecule has 9 heteroatoms. The van der Waals surface area contributed by atoms with Gasteiger partial charge in [-0.3, -0.25) is 0 Å². The molecule has 0 aromatic heterocycles. The van der Waals surface area contributed by atoms with E-state index in [2.05, 4.69) is 4.74 Å². The van der Waals surface area contributed by atoms with Crippen LogP contribution < -0.4 is 14.2 Å². The summed E-state index contributed by atoms with van der Waals surface area (Å²) < 4.78 is 50.8. The number of halogens is 4. The van der Waals surface area contributed by atoms with Gasteiger partial charge in [-0.15, -0.1) is 13.2 Å². The lowest BCUT2D eigenvalue weighted by atomic mass is 10.3. The Balaban J connectivity index is 2.05. The summed E-state index contributed by atoms with van der Waals surface area (Å²) in [5, 5.41) is 8.70. The molecule has 0 saturated heterocycles. The third kappa shape index (κ3) is 5.75. The van der Waals surface area contributed by atoms with Crippen LogP contribution in [-0.4, -0.2) is 23.5 Å². The van der Waals surface area contributed by atoms with Crippen LogP contribution in [0.1, 0.15) is 6.92 Å². The number of benzene rings is 2. The minimum atomic E-state index is -4.81. The molecule has 0 spiro atoms. The van der Waals surface area contributed by atoms with Crippen molar-refractivity contribution in [2.75, 3.05) is 0 Å².